The van der Waals surface area contributed by atoms with Gasteiger partial charge in [-0.3, -0.25) is 9.78 Å². The predicted molar refractivity (Wildman–Crippen MR) is 154 cm³/mol. The molecular formula is C30H37ClN2O4S. The van der Waals surface area contributed by atoms with E-state index in [9.17, 15) is 15.0 Å². The van der Waals surface area contributed by atoms with Gasteiger partial charge in [-0.15, -0.1) is 11.8 Å². The van der Waals surface area contributed by atoms with Crippen LogP contribution in [0.5, 0.6) is 5.75 Å². The van der Waals surface area contributed by atoms with Crippen LogP contribution in [0, 0.1) is 12.3 Å². The third-order valence-electron chi connectivity index (χ3n) is 7.70. The molecule has 0 aliphatic carbocycles. The number of aromatic nitrogens is 1. The fraction of sp³-hybridized carbons (Fsp3) is 0.467. The zero-order chi connectivity index (χ0) is 27.1. The van der Waals surface area contributed by atoms with E-state index in [0.717, 1.165) is 55.6 Å². The number of hydrogen-bond donors (Lipinski definition) is 2. The molecule has 1 aliphatic rings. The number of carboxylic acids is 1. The Hall–Kier alpha value is -2.32. The number of thioether (sulfide) groups is 1. The van der Waals surface area contributed by atoms with Crippen molar-refractivity contribution < 1.29 is 19.7 Å². The second kappa shape index (κ2) is 13.2. The van der Waals surface area contributed by atoms with Gasteiger partial charge in [0.1, 0.15) is 5.75 Å². The molecule has 4 rings (SSSR count). The number of hydrogen-bond acceptors (Lipinski definition) is 6. The number of ether oxygens (including phenoxy) is 1. The summed E-state index contributed by atoms with van der Waals surface area (Å²) in [5.41, 5.74) is 2.31. The molecule has 0 bridgehead atoms. The lowest BCUT2D eigenvalue weighted by Crippen LogP contribution is -2.41. The fourth-order valence-electron chi connectivity index (χ4n) is 5.42. The average molecular weight is 557 g/mol. The van der Waals surface area contributed by atoms with E-state index in [1.165, 1.54) is 10.5 Å². The highest BCUT2D eigenvalue weighted by Gasteiger charge is 2.37. The SMILES string of the molecule is COc1ccc2ncc(Cl)c([C@@H](O)CCC3(CC(=O)O)CCN(CCCSc4ccc(C)cc4)CC3)c2c1. The highest BCUT2D eigenvalue weighted by Crippen LogP contribution is 2.43. The summed E-state index contributed by atoms with van der Waals surface area (Å²) in [4.78, 5) is 19.9. The number of aliphatic hydroxyl groups excluding tert-OH is 1. The van der Waals surface area contributed by atoms with Crippen LogP contribution in [-0.2, 0) is 4.79 Å². The number of rotatable bonds is 12. The molecule has 1 atom stereocenters. The first kappa shape index (κ1) is 28.7. The topological polar surface area (TPSA) is 82.9 Å². The molecule has 0 radical (unpaired) electrons. The van der Waals surface area contributed by atoms with Gasteiger partial charge in [0.25, 0.3) is 0 Å². The molecule has 0 unspecified atom stereocenters. The molecule has 204 valence electrons. The maximum atomic E-state index is 11.8. The van der Waals surface area contributed by atoms with Gasteiger partial charge in [0.15, 0.2) is 0 Å². The van der Waals surface area contributed by atoms with Crippen molar-refractivity contribution in [1.29, 1.82) is 0 Å². The number of likely N-dealkylation sites (tertiary alicyclic amines) is 1. The third-order valence-corrected chi connectivity index (χ3v) is 9.10. The van der Waals surface area contributed by atoms with Crippen molar-refractivity contribution in [3.05, 3.63) is 64.8 Å². The summed E-state index contributed by atoms with van der Waals surface area (Å²) in [6, 6.07) is 14.2. The van der Waals surface area contributed by atoms with Gasteiger partial charge in [-0.2, -0.15) is 0 Å². The minimum atomic E-state index is -0.817. The molecule has 3 aromatic rings. The van der Waals surface area contributed by atoms with Crippen molar-refractivity contribution in [2.24, 2.45) is 5.41 Å². The minimum Gasteiger partial charge on any atom is -0.497 e. The number of aliphatic hydroxyl groups is 1. The van der Waals surface area contributed by atoms with E-state index in [1.54, 1.807) is 13.3 Å². The van der Waals surface area contributed by atoms with Gasteiger partial charge in [0.05, 0.1) is 30.2 Å². The molecule has 8 heteroatoms. The molecule has 0 amide bonds. The highest BCUT2D eigenvalue weighted by atomic mass is 35.5. The Morgan fingerprint density at radius 3 is 2.63 bits per heavy atom. The van der Waals surface area contributed by atoms with Crippen LogP contribution < -0.4 is 4.74 Å². The standard InChI is InChI=1S/C30H37ClN2O4S/c1-21-4-7-23(8-5-21)38-17-3-14-33-15-12-30(13-16-33,19-28(35)36)11-10-27(34)29-24-18-22(37-2)6-9-26(24)32-20-25(29)31/h4-9,18,20,27,34H,3,10-17,19H2,1-2H3,(H,35,36)/t27-/m0/s1. The summed E-state index contributed by atoms with van der Waals surface area (Å²) in [5.74, 6) is 0.957. The van der Waals surface area contributed by atoms with E-state index in [-0.39, 0.29) is 11.8 Å². The molecule has 2 aromatic carbocycles. The Morgan fingerprint density at radius 2 is 1.95 bits per heavy atom. The van der Waals surface area contributed by atoms with Gasteiger partial charge >= 0.3 is 5.97 Å². The van der Waals surface area contributed by atoms with E-state index in [4.69, 9.17) is 16.3 Å². The first-order valence-electron chi connectivity index (χ1n) is 13.2. The molecule has 2 N–H and O–H groups in total. The minimum absolute atomic E-state index is 0.121. The smallest absolute Gasteiger partial charge is 0.303 e. The molecule has 0 spiro atoms. The second-order valence-electron chi connectivity index (χ2n) is 10.4. The maximum Gasteiger partial charge on any atom is 0.303 e. The van der Waals surface area contributed by atoms with Gasteiger partial charge in [-0.05, 0) is 100 Å². The average Bonchev–Trinajstić information content (AvgIpc) is 2.91. The number of aliphatic carboxylic acids is 1. The molecule has 38 heavy (non-hydrogen) atoms. The van der Waals surface area contributed by atoms with Crippen LogP contribution in [0.4, 0.5) is 0 Å². The Labute approximate surface area is 234 Å². The quantitative estimate of drug-likeness (QED) is 0.188. The number of halogens is 1. The van der Waals surface area contributed by atoms with Crippen LogP contribution in [0.25, 0.3) is 10.9 Å². The van der Waals surface area contributed by atoms with Gasteiger partial charge in [0.2, 0.25) is 0 Å². The van der Waals surface area contributed by atoms with Crippen molar-refractivity contribution in [2.45, 2.75) is 56.4 Å². The lowest BCUT2D eigenvalue weighted by Gasteiger charge is -2.41. The highest BCUT2D eigenvalue weighted by molar-refractivity contribution is 7.99. The Kier molecular flexibility index (Phi) is 9.93. The molecular weight excluding hydrogens is 520 g/mol. The Bertz CT molecular complexity index is 1230. The Balaban J connectivity index is 1.34. The number of carbonyl (C=O) groups is 1. The monoisotopic (exact) mass is 556 g/mol. The van der Waals surface area contributed by atoms with Crippen molar-refractivity contribution in [3.63, 3.8) is 0 Å². The third kappa shape index (κ3) is 7.41. The van der Waals surface area contributed by atoms with Crippen LogP contribution in [0.15, 0.2) is 53.6 Å². The fourth-order valence-corrected chi connectivity index (χ4v) is 6.53. The van der Waals surface area contributed by atoms with Gasteiger partial charge < -0.3 is 19.8 Å². The summed E-state index contributed by atoms with van der Waals surface area (Å²) in [7, 11) is 1.60. The number of nitrogens with zero attached hydrogens (tertiary/aromatic N) is 2. The number of carboxylic acid groups (broad SMARTS) is 1. The van der Waals surface area contributed by atoms with Crippen molar-refractivity contribution in [2.75, 3.05) is 32.5 Å². The van der Waals surface area contributed by atoms with Crippen molar-refractivity contribution in [1.82, 2.24) is 9.88 Å². The van der Waals surface area contributed by atoms with Gasteiger partial charge in [-0.1, -0.05) is 29.3 Å². The van der Waals surface area contributed by atoms with Gasteiger partial charge in [0, 0.05) is 22.0 Å². The van der Waals surface area contributed by atoms with Crippen LogP contribution in [0.3, 0.4) is 0 Å². The molecule has 1 saturated heterocycles. The molecule has 1 aromatic heterocycles. The molecule has 6 nitrogen and oxygen atoms in total. The largest absolute Gasteiger partial charge is 0.497 e. The number of methoxy groups -OCH3 is 1. The van der Waals surface area contributed by atoms with Gasteiger partial charge in [-0.25, -0.2) is 0 Å². The van der Waals surface area contributed by atoms with E-state index in [2.05, 4.69) is 41.1 Å². The number of aryl methyl sites for hydroxylation is 1. The second-order valence-corrected chi connectivity index (χ2v) is 12.0. The molecule has 1 aliphatic heterocycles. The first-order valence-corrected chi connectivity index (χ1v) is 14.6. The summed E-state index contributed by atoms with van der Waals surface area (Å²) < 4.78 is 5.36. The lowest BCUT2D eigenvalue weighted by atomic mass is 9.71. The normalized spacial score (nSPS) is 16.4. The van der Waals surface area contributed by atoms with E-state index < -0.39 is 12.1 Å². The van der Waals surface area contributed by atoms with Crippen molar-refractivity contribution in [3.8, 4) is 5.75 Å². The number of fused-ring (bicyclic) bond motifs is 1. The number of piperidine rings is 1. The lowest BCUT2D eigenvalue weighted by molar-refractivity contribution is -0.141. The maximum absolute atomic E-state index is 11.8. The van der Waals surface area contributed by atoms with E-state index >= 15 is 0 Å². The van der Waals surface area contributed by atoms with Crippen LogP contribution in [0.1, 0.15) is 55.8 Å². The van der Waals surface area contributed by atoms with Crippen LogP contribution in [-0.4, -0.2) is 58.6 Å². The van der Waals surface area contributed by atoms with Crippen LogP contribution >= 0.6 is 23.4 Å². The predicted octanol–water partition coefficient (Wildman–Crippen LogP) is 6.76. The summed E-state index contributed by atoms with van der Waals surface area (Å²) >= 11 is 8.38. The summed E-state index contributed by atoms with van der Waals surface area (Å²) in [6.45, 7) is 4.89. The Morgan fingerprint density at radius 1 is 1.21 bits per heavy atom. The summed E-state index contributed by atoms with van der Waals surface area (Å²) in [6.07, 6.45) is 4.67. The van der Waals surface area contributed by atoms with E-state index in [1.807, 2.05) is 30.0 Å². The molecule has 2 heterocycles. The zero-order valence-electron chi connectivity index (χ0n) is 22.2. The number of benzene rings is 2. The molecule has 0 saturated carbocycles. The summed E-state index contributed by atoms with van der Waals surface area (Å²) in [5, 5.41) is 22.1. The number of pyridine rings is 1. The van der Waals surface area contributed by atoms with Crippen molar-refractivity contribution >= 4 is 40.2 Å². The zero-order valence-corrected chi connectivity index (χ0v) is 23.7. The van der Waals surface area contributed by atoms with E-state index in [0.29, 0.717) is 29.2 Å². The van der Waals surface area contributed by atoms with Crippen LogP contribution in [0.2, 0.25) is 5.02 Å². The molecule has 1 fully saturated rings. The first-order chi connectivity index (χ1) is 18.3.